The Labute approximate surface area is 191 Å². The van der Waals surface area contributed by atoms with Crippen molar-refractivity contribution in [2.45, 2.75) is 31.3 Å². The third-order valence-corrected chi connectivity index (χ3v) is 7.96. The number of nitrogens with one attached hydrogen (secondary N) is 1. The number of nitrogens with zero attached hydrogens (tertiary/aromatic N) is 2. The van der Waals surface area contributed by atoms with Gasteiger partial charge in [0.25, 0.3) is 5.91 Å². The van der Waals surface area contributed by atoms with E-state index in [1.165, 1.54) is 29.2 Å². The number of halogens is 1. The molecule has 2 aromatic rings. The molecule has 2 heterocycles. The maximum Gasteiger partial charge on any atom is 0.325 e. The molecule has 174 valence electrons. The number of rotatable bonds is 6. The lowest BCUT2D eigenvalue weighted by Crippen LogP contribution is -2.49. The van der Waals surface area contributed by atoms with Crippen LogP contribution in [0.2, 0.25) is 0 Å². The van der Waals surface area contributed by atoms with E-state index in [0.717, 1.165) is 4.90 Å². The molecule has 0 bridgehead atoms. The van der Waals surface area contributed by atoms with Crippen LogP contribution in [0, 0.1) is 5.82 Å². The lowest BCUT2D eigenvalue weighted by atomic mass is 9.87. The molecule has 4 amide bonds. The first-order valence-electron chi connectivity index (χ1n) is 10.6. The van der Waals surface area contributed by atoms with E-state index in [-0.39, 0.29) is 24.3 Å². The lowest BCUT2D eigenvalue weighted by molar-refractivity contribution is -0.134. The number of benzene rings is 2. The number of para-hydroxylation sites is 1. The van der Waals surface area contributed by atoms with E-state index in [4.69, 9.17) is 0 Å². The fraction of sp³-hybridized carbons (Fsp3) is 0.348. The van der Waals surface area contributed by atoms with Gasteiger partial charge in [-0.25, -0.2) is 17.6 Å². The standard InChI is InChI=1S/C23H24FN3O5S/c1-2-23(16-8-10-17(24)11-9-16)21(29)26(22(30)25-23)14-20(28)27(18-6-4-3-5-7-18)19-12-13-33(31,32)15-19/h3-11,19H,2,12-15H2,1H3,(H,25,30)/t19-,23-/m1/s1. The molecule has 2 aliphatic heterocycles. The first-order chi connectivity index (χ1) is 15.7. The van der Waals surface area contributed by atoms with Crippen LogP contribution >= 0.6 is 0 Å². The fourth-order valence-corrected chi connectivity index (χ4v) is 6.18. The summed E-state index contributed by atoms with van der Waals surface area (Å²) in [5.41, 5.74) is -0.488. The van der Waals surface area contributed by atoms with Gasteiger partial charge in [0.2, 0.25) is 5.91 Å². The van der Waals surface area contributed by atoms with Gasteiger partial charge in [0.05, 0.1) is 17.5 Å². The largest absolute Gasteiger partial charge is 0.325 e. The Kier molecular flexibility index (Phi) is 5.96. The number of hydrogen-bond acceptors (Lipinski definition) is 5. The Bertz CT molecular complexity index is 1190. The summed E-state index contributed by atoms with van der Waals surface area (Å²) >= 11 is 0. The Morgan fingerprint density at radius 2 is 1.82 bits per heavy atom. The predicted octanol–water partition coefficient (Wildman–Crippen LogP) is 2.20. The van der Waals surface area contributed by atoms with Gasteiger partial charge >= 0.3 is 6.03 Å². The van der Waals surface area contributed by atoms with Crippen molar-refractivity contribution in [3.05, 3.63) is 66.0 Å². The van der Waals surface area contributed by atoms with Gasteiger partial charge < -0.3 is 10.2 Å². The molecule has 2 fully saturated rings. The molecule has 0 spiro atoms. The highest BCUT2D eigenvalue weighted by Gasteiger charge is 2.52. The van der Waals surface area contributed by atoms with Crippen LogP contribution in [0.1, 0.15) is 25.3 Å². The number of urea groups is 1. The van der Waals surface area contributed by atoms with Gasteiger partial charge in [-0.2, -0.15) is 0 Å². The first kappa shape index (κ1) is 22.9. The van der Waals surface area contributed by atoms with E-state index >= 15 is 0 Å². The lowest BCUT2D eigenvalue weighted by Gasteiger charge is -2.30. The molecule has 1 N–H and O–H groups in total. The third kappa shape index (κ3) is 4.22. The average molecular weight is 474 g/mol. The summed E-state index contributed by atoms with van der Waals surface area (Å²) in [6, 6.07) is 12.6. The van der Waals surface area contributed by atoms with Crippen molar-refractivity contribution in [2.24, 2.45) is 0 Å². The van der Waals surface area contributed by atoms with E-state index in [1.54, 1.807) is 37.3 Å². The maximum absolute atomic E-state index is 13.4. The Hall–Kier alpha value is -3.27. The third-order valence-electron chi connectivity index (χ3n) is 6.21. The van der Waals surface area contributed by atoms with Gasteiger partial charge in [0.1, 0.15) is 17.9 Å². The second kappa shape index (κ2) is 8.58. The molecule has 0 aliphatic carbocycles. The van der Waals surface area contributed by atoms with Gasteiger partial charge in [-0.1, -0.05) is 37.3 Å². The highest BCUT2D eigenvalue weighted by molar-refractivity contribution is 7.91. The maximum atomic E-state index is 13.4. The van der Waals surface area contributed by atoms with Crippen LogP contribution in [0.25, 0.3) is 0 Å². The number of carbonyl (C=O) groups excluding carboxylic acids is 3. The summed E-state index contributed by atoms with van der Waals surface area (Å²) < 4.78 is 37.5. The normalized spacial score (nSPS) is 24.1. The first-order valence-corrected chi connectivity index (χ1v) is 12.5. The Morgan fingerprint density at radius 1 is 1.15 bits per heavy atom. The van der Waals surface area contributed by atoms with Crippen LogP contribution < -0.4 is 10.2 Å². The molecule has 8 nitrogen and oxygen atoms in total. The van der Waals surface area contributed by atoms with Crippen LogP contribution in [-0.2, 0) is 25.0 Å². The molecule has 2 saturated heterocycles. The van der Waals surface area contributed by atoms with E-state index in [0.29, 0.717) is 11.3 Å². The second-order valence-corrected chi connectivity index (χ2v) is 10.5. The minimum Gasteiger partial charge on any atom is -0.319 e. The zero-order valence-corrected chi connectivity index (χ0v) is 18.8. The Morgan fingerprint density at radius 3 is 2.39 bits per heavy atom. The van der Waals surface area contributed by atoms with Gasteiger partial charge in [-0.3, -0.25) is 14.5 Å². The molecule has 10 heteroatoms. The molecule has 33 heavy (non-hydrogen) atoms. The van der Waals surface area contributed by atoms with Gasteiger partial charge in [-0.15, -0.1) is 0 Å². The van der Waals surface area contributed by atoms with Crippen LogP contribution in [0.3, 0.4) is 0 Å². The van der Waals surface area contributed by atoms with Crippen molar-refractivity contribution >= 4 is 33.4 Å². The van der Waals surface area contributed by atoms with Crippen molar-refractivity contribution in [1.29, 1.82) is 0 Å². The average Bonchev–Trinajstić information content (AvgIpc) is 3.26. The number of sulfone groups is 1. The predicted molar refractivity (Wildman–Crippen MR) is 120 cm³/mol. The van der Waals surface area contributed by atoms with E-state index in [9.17, 15) is 27.2 Å². The summed E-state index contributed by atoms with van der Waals surface area (Å²) in [4.78, 5) is 41.7. The van der Waals surface area contributed by atoms with Crippen molar-refractivity contribution in [3.8, 4) is 0 Å². The van der Waals surface area contributed by atoms with Crippen molar-refractivity contribution in [3.63, 3.8) is 0 Å². The monoisotopic (exact) mass is 473 g/mol. The molecule has 0 aromatic heterocycles. The molecular formula is C23H24FN3O5S. The van der Waals surface area contributed by atoms with Crippen molar-refractivity contribution in [2.75, 3.05) is 23.0 Å². The molecular weight excluding hydrogens is 449 g/mol. The molecule has 2 aliphatic rings. The van der Waals surface area contributed by atoms with Crippen molar-refractivity contribution in [1.82, 2.24) is 10.2 Å². The molecule has 4 rings (SSSR count). The molecule has 2 aromatic carbocycles. The van der Waals surface area contributed by atoms with Crippen LogP contribution in [0.15, 0.2) is 54.6 Å². The van der Waals surface area contributed by atoms with Crippen molar-refractivity contribution < 1.29 is 27.2 Å². The Balaban J connectivity index is 1.62. The van der Waals surface area contributed by atoms with Gasteiger partial charge in [-0.05, 0) is 42.7 Å². The molecule has 0 radical (unpaired) electrons. The highest BCUT2D eigenvalue weighted by Crippen LogP contribution is 2.33. The van der Waals surface area contributed by atoms with Gasteiger partial charge in [0.15, 0.2) is 9.84 Å². The van der Waals surface area contributed by atoms with Gasteiger partial charge in [0, 0.05) is 5.69 Å². The topological polar surface area (TPSA) is 104 Å². The SMILES string of the molecule is CC[C@]1(c2ccc(F)cc2)NC(=O)N(CC(=O)N(c2ccccc2)[C@@H]2CCS(=O)(=O)C2)C1=O. The van der Waals surface area contributed by atoms with Crippen LogP contribution in [-0.4, -0.2) is 55.3 Å². The molecule has 0 unspecified atom stereocenters. The molecule has 2 atom stereocenters. The van der Waals surface area contributed by atoms with E-state index in [2.05, 4.69) is 5.32 Å². The minimum atomic E-state index is -3.28. The summed E-state index contributed by atoms with van der Waals surface area (Å²) in [5, 5.41) is 2.67. The summed E-state index contributed by atoms with van der Waals surface area (Å²) in [6.45, 7) is 1.17. The number of hydrogen-bond donors (Lipinski definition) is 1. The summed E-state index contributed by atoms with van der Waals surface area (Å²) in [7, 11) is -3.28. The van der Waals surface area contributed by atoms with Crippen LogP contribution in [0.4, 0.5) is 14.9 Å². The zero-order chi connectivity index (χ0) is 23.8. The highest BCUT2D eigenvalue weighted by atomic mass is 32.2. The fourth-order valence-electron chi connectivity index (χ4n) is 4.48. The van der Waals surface area contributed by atoms with Crippen LogP contribution in [0.5, 0.6) is 0 Å². The van der Waals surface area contributed by atoms with E-state index < -0.39 is 51.6 Å². The number of carbonyl (C=O) groups is 3. The van der Waals surface area contributed by atoms with E-state index in [1.807, 2.05) is 0 Å². The molecule has 0 saturated carbocycles. The number of anilines is 1. The quantitative estimate of drug-likeness (QED) is 0.648. The minimum absolute atomic E-state index is 0.0269. The smallest absolute Gasteiger partial charge is 0.319 e. The summed E-state index contributed by atoms with van der Waals surface area (Å²) in [6.07, 6.45) is 0.481. The number of amides is 4. The summed E-state index contributed by atoms with van der Waals surface area (Å²) in [5.74, 6) is -1.85. The zero-order valence-electron chi connectivity index (χ0n) is 18.0. The second-order valence-electron chi connectivity index (χ2n) is 8.24. The number of imide groups is 1.